The minimum Gasteiger partial charge on any atom is -0.445 e. The molecule has 214 valence electrons. The van der Waals surface area contributed by atoms with Crippen molar-refractivity contribution in [3.63, 3.8) is 0 Å². The monoisotopic (exact) mass is 536 g/mol. The minimum absolute atomic E-state index is 0.0684. The van der Waals surface area contributed by atoms with Crippen LogP contribution in [0.4, 0.5) is 10.5 Å². The number of likely N-dealkylation sites (tertiary alicyclic amines) is 1. The van der Waals surface area contributed by atoms with Gasteiger partial charge in [-0.15, -0.1) is 0 Å². The Bertz CT molecular complexity index is 959. The topological polar surface area (TPSA) is 51.2 Å². The smallest absolute Gasteiger partial charge is 0.410 e. The summed E-state index contributed by atoms with van der Waals surface area (Å²) in [6, 6.07) is 18.9. The van der Waals surface area contributed by atoms with Gasteiger partial charge in [-0.2, -0.15) is 0 Å². The zero-order valence-corrected chi connectivity index (χ0v) is 24.1. The van der Waals surface area contributed by atoms with Gasteiger partial charge in [0.25, 0.3) is 0 Å². The Balaban J connectivity index is 1.25. The lowest BCUT2D eigenvalue weighted by Crippen LogP contribution is -2.40. The second-order valence-corrected chi connectivity index (χ2v) is 11.0. The summed E-state index contributed by atoms with van der Waals surface area (Å²) in [5, 5.41) is 0. The lowest BCUT2D eigenvalue weighted by Gasteiger charge is -2.37. The summed E-state index contributed by atoms with van der Waals surface area (Å²) in [7, 11) is 0. The third kappa shape index (κ3) is 8.97. The number of piperidine rings is 2. The lowest BCUT2D eigenvalue weighted by molar-refractivity contribution is -0.177. The number of unbranched alkanes of at least 4 members (excludes halogenated alkanes) is 2. The number of benzene rings is 2. The van der Waals surface area contributed by atoms with E-state index in [2.05, 4.69) is 43.0 Å². The molecule has 0 spiro atoms. The van der Waals surface area contributed by atoms with Gasteiger partial charge in [-0.25, -0.2) is 4.79 Å². The molecule has 0 bridgehead atoms. The van der Waals surface area contributed by atoms with Crippen molar-refractivity contribution in [1.82, 2.24) is 4.90 Å². The number of nitrogens with zero attached hydrogens (tertiary/aromatic N) is 2. The average molecular weight is 537 g/mol. The lowest BCUT2D eigenvalue weighted by atomic mass is 9.89. The van der Waals surface area contributed by atoms with E-state index >= 15 is 0 Å². The van der Waals surface area contributed by atoms with Crippen LogP contribution in [0.25, 0.3) is 0 Å². The highest BCUT2D eigenvalue weighted by atomic mass is 16.7. The van der Waals surface area contributed by atoms with Gasteiger partial charge >= 0.3 is 6.09 Å². The largest absolute Gasteiger partial charge is 0.445 e. The van der Waals surface area contributed by atoms with Gasteiger partial charge in [-0.1, -0.05) is 69.2 Å². The molecule has 1 amide bonds. The van der Waals surface area contributed by atoms with Crippen LogP contribution < -0.4 is 4.90 Å². The molecule has 2 aliphatic heterocycles. The minimum atomic E-state index is -0.204. The molecular weight excluding hydrogens is 488 g/mol. The average Bonchev–Trinajstić information content (AvgIpc) is 3.00. The van der Waals surface area contributed by atoms with Gasteiger partial charge in [0.2, 0.25) is 0 Å². The van der Waals surface area contributed by atoms with Gasteiger partial charge in [-0.3, -0.25) is 0 Å². The fourth-order valence-electron chi connectivity index (χ4n) is 5.62. The zero-order chi connectivity index (χ0) is 27.3. The Hall–Kier alpha value is -2.57. The van der Waals surface area contributed by atoms with E-state index in [0.717, 1.165) is 96.3 Å². The number of amides is 1. The van der Waals surface area contributed by atoms with Crippen LogP contribution >= 0.6 is 0 Å². The van der Waals surface area contributed by atoms with E-state index in [4.69, 9.17) is 14.2 Å². The summed E-state index contributed by atoms with van der Waals surface area (Å²) in [5.41, 5.74) is 3.71. The van der Waals surface area contributed by atoms with Crippen LogP contribution in [0.5, 0.6) is 0 Å². The first-order valence-corrected chi connectivity index (χ1v) is 15.2. The van der Waals surface area contributed by atoms with Crippen molar-refractivity contribution >= 4 is 11.8 Å². The van der Waals surface area contributed by atoms with E-state index in [-0.39, 0.29) is 12.4 Å². The number of hydrogen-bond donors (Lipinski definition) is 0. The molecule has 2 aliphatic rings. The summed E-state index contributed by atoms with van der Waals surface area (Å²) in [4.78, 5) is 17.0. The van der Waals surface area contributed by atoms with Crippen LogP contribution in [0.2, 0.25) is 0 Å². The molecule has 0 aromatic heterocycles. The van der Waals surface area contributed by atoms with Crippen molar-refractivity contribution in [2.24, 2.45) is 5.92 Å². The van der Waals surface area contributed by atoms with Gasteiger partial charge in [0, 0.05) is 51.0 Å². The number of carbonyl (C=O) groups is 1. The molecule has 0 unspecified atom stereocenters. The maximum atomic E-state index is 12.6. The first kappa shape index (κ1) is 29.4. The first-order valence-electron chi connectivity index (χ1n) is 15.2. The van der Waals surface area contributed by atoms with Crippen LogP contribution in [0.1, 0.15) is 82.3 Å². The van der Waals surface area contributed by atoms with Gasteiger partial charge in [0.1, 0.15) is 6.61 Å². The molecule has 0 atom stereocenters. The normalized spacial score (nSPS) is 17.1. The molecule has 2 fully saturated rings. The van der Waals surface area contributed by atoms with Crippen molar-refractivity contribution in [3.05, 3.63) is 65.7 Å². The molecule has 0 N–H and O–H groups in total. The van der Waals surface area contributed by atoms with E-state index in [9.17, 15) is 4.79 Å². The fraction of sp³-hybridized carbons (Fsp3) is 0.606. The molecule has 0 saturated carbocycles. The summed E-state index contributed by atoms with van der Waals surface area (Å²) in [5.74, 6) is 0.938. The SMILES string of the molecule is CCCCOC(OCCCC)C1CCN(c2cccc(C3CCN(C(=O)OCc4ccccc4)CC3)c2)CC1. The highest BCUT2D eigenvalue weighted by Gasteiger charge is 2.29. The number of carbonyl (C=O) groups excluding carboxylic acids is 1. The molecule has 0 radical (unpaired) electrons. The van der Waals surface area contributed by atoms with Gasteiger partial charge < -0.3 is 24.0 Å². The molecule has 2 aromatic rings. The Morgan fingerprint density at radius 3 is 2.15 bits per heavy atom. The Labute approximate surface area is 235 Å². The molecule has 0 aliphatic carbocycles. The molecule has 6 nitrogen and oxygen atoms in total. The predicted octanol–water partition coefficient (Wildman–Crippen LogP) is 7.38. The second kappa shape index (κ2) is 15.9. The Morgan fingerprint density at radius 1 is 0.846 bits per heavy atom. The van der Waals surface area contributed by atoms with Gasteiger partial charge in [0.15, 0.2) is 6.29 Å². The molecule has 4 rings (SSSR count). The van der Waals surface area contributed by atoms with Crippen molar-refractivity contribution in [2.45, 2.75) is 84.0 Å². The van der Waals surface area contributed by atoms with Crippen molar-refractivity contribution in [1.29, 1.82) is 0 Å². The van der Waals surface area contributed by atoms with Crippen molar-refractivity contribution in [2.75, 3.05) is 44.3 Å². The number of ether oxygens (including phenoxy) is 3. The first-order chi connectivity index (χ1) is 19.2. The van der Waals surface area contributed by atoms with Crippen LogP contribution in [0.3, 0.4) is 0 Å². The van der Waals surface area contributed by atoms with Crippen LogP contribution in [-0.4, -0.2) is 56.7 Å². The van der Waals surface area contributed by atoms with E-state index in [0.29, 0.717) is 18.4 Å². The van der Waals surface area contributed by atoms with Gasteiger partial charge in [0.05, 0.1) is 0 Å². The maximum absolute atomic E-state index is 12.6. The molecule has 2 heterocycles. The summed E-state index contributed by atoms with van der Waals surface area (Å²) < 4.78 is 17.9. The summed E-state index contributed by atoms with van der Waals surface area (Å²) in [6.45, 7) is 9.86. The highest BCUT2D eigenvalue weighted by Crippen LogP contribution is 2.33. The molecule has 2 aromatic carbocycles. The number of anilines is 1. The van der Waals surface area contributed by atoms with E-state index in [1.807, 2.05) is 35.2 Å². The molecule has 39 heavy (non-hydrogen) atoms. The summed E-state index contributed by atoms with van der Waals surface area (Å²) in [6.07, 6.45) is 8.33. The highest BCUT2D eigenvalue weighted by molar-refractivity contribution is 5.67. The number of hydrogen-bond acceptors (Lipinski definition) is 5. The van der Waals surface area contributed by atoms with Gasteiger partial charge in [-0.05, 0) is 67.7 Å². The van der Waals surface area contributed by atoms with Crippen molar-refractivity contribution < 1.29 is 19.0 Å². The Kier molecular flexibility index (Phi) is 12.0. The maximum Gasteiger partial charge on any atom is 0.410 e. The van der Waals surface area contributed by atoms with E-state index < -0.39 is 0 Å². The quantitative estimate of drug-likeness (QED) is 0.197. The molecule has 2 saturated heterocycles. The van der Waals surface area contributed by atoms with Crippen LogP contribution in [-0.2, 0) is 20.8 Å². The second-order valence-electron chi connectivity index (χ2n) is 11.0. The zero-order valence-electron chi connectivity index (χ0n) is 24.1. The third-order valence-electron chi connectivity index (χ3n) is 8.15. The standard InChI is InChI=1S/C33H48N2O4/c1-3-5-23-37-32(38-24-6-4-2)29-17-19-34(20-18-29)31-14-10-13-30(25-31)28-15-21-35(22-16-28)33(36)39-26-27-11-8-7-9-12-27/h7-14,25,28-29,32H,3-6,15-24,26H2,1-2H3. The van der Waals surface area contributed by atoms with E-state index in [1.54, 1.807) is 0 Å². The van der Waals surface area contributed by atoms with Crippen LogP contribution in [0, 0.1) is 5.92 Å². The predicted molar refractivity (Wildman–Crippen MR) is 157 cm³/mol. The number of rotatable bonds is 13. The molecular formula is C33H48N2O4. The van der Waals surface area contributed by atoms with Crippen molar-refractivity contribution in [3.8, 4) is 0 Å². The van der Waals surface area contributed by atoms with Crippen LogP contribution in [0.15, 0.2) is 54.6 Å². The van der Waals surface area contributed by atoms with E-state index in [1.165, 1.54) is 11.3 Å². The summed E-state index contributed by atoms with van der Waals surface area (Å²) >= 11 is 0. The third-order valence-corrected chi connectivity index (χ3v) is 8.15. The fourth-order valence-corrected chi connectivity index (χ4v) is 5.62. The molecule has 6 heteroatoms. The Morgan fingerprint density at radius 2 is 1.51 bits per heavy atom.